The van der Waals surface area contributed by atoms with Gasteiger partial charge < -0.3 is 9.32 Å². The van der Waals surface area contributed by atoms with E-state index in [4.69, 9.17) is 4.42 Å². The molecular formula is C17H17N2O2+. The van der Waals surface area contributed by atoms with Crippen LogP contribution < -0.4 is 15.1 Å². The smallest absolute Gasteiger partial charge is 0.344 e. The average Bonchev–Trinajstić information content (AvgIpc) is 2.47. The van der Waals surface area contributed by atoms with E-state index in [2.05, 4.69) is 0 Å². The van der Waals surface area contributed by atoms with E-state index in [1.807, 2.05) is 79.4 Å². The van der Waals surface area contributed by atoms with Gasteiger partial charge in [0.1, 0.15) is 12.6 Å². The Kier molecular flexibility index (Phi) is 3.22. The molecule has 0 fully saturated rings. The van der Waals surface area contributed by atoms with Crippen LogP contribution in [0, 0.1) is 0 Å². The van der Waals surface area contributed by atoms with Crippen molar-refractivity contribution in [1.29, 1.82) is 0 Å². The molecule has 0 atom stereocenters. The highest BCUT2D eigenvalue weighted by Crippen LogP contribution is 2.23. The van der Waals surface area contributed by atoms with Crippen LogP contribution in [0.4, 0.5) is 5.69 Å². The van der Waals surface area contributed by atoms with Crippen LogP contribution in [-0.4, -0.2) is 14.1 Å². The summed E-state index contributed by atoms with van der Waals surface area (Å²) in [5.41, 5.74) is 2.75. The highest BCUT2D eigenvalue weighted by atomic mass is 16.4. The van der Waals surface area contributed by atoms with E-state index in [0.29, 0.717) is 11.1 Å². The summed E-state index contributed by atoms with van der Waals surface area (Å²) in [6.45, 7) is 0. The maximum Gasteiger partial charge on any atom is 0.344 e. The van der Waals surface area contributed by atoms with E-state index < -0.39 is 0 Å². The zero-order chi connectivity index (χ0) is 15.0. The zero-order valence-corrected chi connectivity index (χ0v) is 12.3. The number of nitrogens with zero attached hydrogens (tertiary/aromatic N) is 2. The molecule has 0 amide bonds. The van der Waals surface area contributed by atoms with Gasteiger partial charge in [-0.05, 0) is 18.2 Å². The van der Waals surface area contributed by atoms with Gasteiger partial charge in [0.2, 0.25) is 0 Å². The molecule has 4 nitrogen and oxygen atoms in total. The van der Waals surface area contributed by atoms with Gasteiger partial charge in [0.25, 0.3) is 0 Å². The topological polar surface area (TPSA) is 37.3 Å². The molecule has 1 aromatic carbocycles. The fraction of sp³-hybridized carbons (Fsp3) is 0.176. The number of anilines is 1. The first-order valence-electron chi connectivity index (χ1n) is 6.75. The summed E-state index contributed by atoms with van der Waals surface area (Å²) in [7, 11) is 5.85. The Morgan fingerprint density at radius 3 is 2.43 bits per heavy atom. The van der Waals surface area contributed by atoms with Gasteiger partial charge in [-0.2, -0.15) is 0 Å². The number of rotatable bonds is 2. The Bertz CT molecular complexity index is 849. The summed E-state index contributed by atoms with van der Waals surface area (Å²) in [6, 6.07) is 11.6. The lowest BCUT2D eigenvalue weighted by Crippen LogP contribution is -2.25. The Labute approximate surface area is 122 Å². The Balaban J connectivity index is 2.17. The van der Waals surface area contributed by atoms with Crippen LogP contribution in [-0.2, 0) is 7.05 Å². The van der Waals surface area contributed by atoms with Crippen LogP contribution in [0.5, 0.6) is 0 Å². The van der Waals surface area contributed by atoms with E-state index >= 15 is 0 Å². The molecule has 0 aliphatic carbocycles. The van der Waals surface area contributed by atoms with Crippen molar-refractivity contribution in [2.75, 3.05) is 19.0 Å². The van der Waals surface area contributed by atoms with E-state index in [9.17, 15) is 4.79 Å². The molecule has 0 spiro atoms. The molecule has 0 bridgehead atoms. The Morgan fingerprint density at radius 2 is 1.76 bits per heavy atom. The highest BCUT2D eigenvalue weighted by Gasteiger charge is 2.09. The second-order valence-corrected chi connectivity index (χ2v) is 5.32. The van der Waals surface area contributed by atoms with Crippen LogP contribution in [0.15, 0.2) is 58.0 Å². The summed E-state index contributed by atoms with van der Waals surface area (Å²) in [5, 5.41) is 0.920. The van der Waals surface area contributed by atoms with Gasteiger partial charge in [0, 0.05) is 48.9 Å². The number of pyridine rings is 1. The van der Waals surface area contributed by atoms with Crippen molar-refractivity contribution in [3.8, 4) is 11.1 Å². The first-order valence-corrected chi connectivity index (χ1v) is 6.75. The number of fused-ring (bicyclic) bond motifs is 1. The lowest BCUT2D eigenvalue weighted by atomic mass is 10.1. The molecule has 4 heteroatoms. The molecule has 106 valence electrons. The Morgan fingerprint density at radius 1 is 1.05 bits per heavy atom. The summed E-state index contributed by atoms with van der Waals surface area (Å²) in [4.78, 5) is 14.2. The molecule has 0 N–H and O–H groups in total. The van der Waals surface area contributed by atoms with Crippen LogP contribution in [0.1, 0.15) is 0 Å². The van der Waals surface area contributed by atoms with Crippen molar-refractivity contribution in [2.24, 2.45) is 7.05 Å². The van der Waals surface area contributed by atoms with Crippen LogP contribution in [0.2, 0.25) is 0 Å². The van der Waals surface area contributed by atoms with E-state index in [1.54, 1.807) is 0 Å². The first-order chi connectivity index (χ1) is 10.0. The third kappa shape index (κ3) is 2.52. The zero-order valence-electron chi connectivity index (χ0n) is 12.3. The van der Waals surface area contributed by atoms with Gasteiger partial charge in [-0.15, -0.1) is 0 Å². The Hall–Kier alpha value is -2.62. The molecule has 0 saturated carbocycles. The number of hydrogen-bond acceptors (Lipinski definition) is 3. The molecule has 0 unspecified atom stereocenters. The van der Waals surface area contributed by atoms with Crippen LogP contribution in [0.3, 0.4) is 0 Å². The second kappa shape index (κ2) is 5.05. The van der Waals surface area contributed by atoms with Crippen LogP contribution in [0.25, 0.3) is 22.1 Å². The van der Waals surface area contributed by atoms with Crippen molar-refractivity contribution in [1.82, 2.24) is 0 Å². The molecular weight excluding hydrogens is 264 g/mol. The van der Waals surface area contributed by atoms with E-state index in [0.717, 1.165) is 16.6 Å². The monoisotopic (exact) mass is 281 g/mol. The predicted molar refractivity (Wildman–Crippen MR) is 83.4 cm³/mol. The second-order valence-electron chi connectivity index (χ2n) is 5.32. The number of benzene rings is 1. The summed E-state index contributed by atoms with van der Waals surface area (Å²) < 4.78 is 7.41. The van der Waals surface area contributed by atoms with E-state index in [1.165, 1.54) is 0 Å². The van der Waals surface area contributed by atoms with Gasteiger partial charge in [-0.25, -0.2) is 9.36 Å². The molecule has 3 rings (SSSR count). The number of aryl methyl sites for hydroxylation is 1. The van der Waals surface area contributed by atoms with Gasteiger partial charge in [0.05, 0.1) is 5.56 Å². The molecule has 0 saturated heterocycles. The highest BCUT2D eigenvalue weighted by molar-refractivity contribution is 5.84. The number of hydrogen-bond donors (Lipinski definition) is 0. The number of aromatic nitrogens is 1. The van der Waals surface area contributed by atoms with Gasteiger partial charge in [-0.1, -0.05) is 0 Å². The quantitative estimate of drug-likeness (QED) is 0.534. The summed E-state index contributed by atoms with van der Waals surface area (Å²) >= 11 is 0. The van der Waals surface area contributed by atoms with Crippen molar-refractivity contribution in [2.45, 2.75) is 0 Å². The lowest BCUT2D eigenvalue weighted by Gasteiger charge is -2.12. The minimum absolute atomic E-state index is 0.313. The molecule has 0 aliphatic heterocycles. The molecule has 2 aromatic heterocycles. The van der Waals surface area contributed by atoms with Crippen molar-refractivity contribution >= 4 is 16.7 Å². The van der Waals surface area contributed by atoms with Crippen molar-refractivity contribution in [3.05, 3.63) is 59.2 Å². The van der Waals surface area contributed by atoms with E-state index in [-0.39, 0.29) is 5.63 Å². The predicted octanol–water partition coefficient (Wildman–Crippen LogP) is 2.35. The average molecular weight is 281 g/mol. The standard InChI is InChI=1S/C17H17N2O2/c1-18(2)14-5-4-13-10-15(17(20)21-16(13)11-14)12-6-8-19(3)9-7-12/h4-11H,1-3H3/q+1. The summed E-state index contributed by atoms with van der Waals surface area (Å²) in [5.74, 6) is 0. The largest absolute Gasteiger partial charge is 0.422 e. The first kappa shape index (κ1) is 13.4. The van der Waals surface area contributed by atoms with Crippen LogP contribution >= 0.6 is 0 Å². The fourth-order valence-electron chi connectivity index (χ4n) is 2.26. The van der Waals surface area contributed by atoms with Gasteiger partial charge in [-0.3, -0.25) is 0 Å². The third-order valence-electron chi connectivity index (χ3n) is 3.53. The molecule has 0 radical (unpaired) electrons. The molecule has 2 heterocycles. The molecule has 21 heavy (non-hydrogen) atoms. The maximum atomic E-state index is 12.2. The van der Waals surface area contributed by atoms with Gasteiger partial charge >= 0.3 is 5.63 Å². The minimum atomic E-state index is -0.313. The molecule has 3 aromatic rings. The third-order valence-corrected chi connectivity index (χ3v) is 3.53. The maximum absolute atomic E-state index is 12.2. The van der Waals surface area contributed by atoms with Gasteiger partial charge in [0.15, 0.2) is 12.4 Å². The lowest BCUT2D eigenvalue weighted by molar-refractivity contribution is -0.671. The SMILES string of the molecule is CN(C)c1ccc2cc(-c3cc[n+](C)cc3)c(=O)oc2c1. The molecule has 0 aliphatic rings. The fourth-order valence-corrected chi connectivity index (χ4v) is 2.26. The normalized spacial score (nSPS) is 10.8. The summed E-state index contributed by atoms with van der Waals surface area (Å²) in [6.07, 6.45) is 3.82. The van der Waals surface area contributed by atoms with Crippen molar-refractivity contribution in [3.63, 3.8) is 0 Å². The van der Waals surface area contributed by atoms with Crippen molar-refractivity contribution < 1.29 is 8.98 Å². The minimum Gasteiger partial charge on any atom is -0.422 e.